The van der Waals surface area contributed by atoms with Gasteiger partial charge in [0.15, 0.2) is 0 Å². The van der Waals surface area contributed by atoms with E-state index in [0.29, 0.717) is 15.2 Å². The first-order valence-electron chi connectivity index (χ1n) is 6.58. The SMILES string of the molecule is Clc1ccc(-c2csc(N/N=C/c3ccccc3I)n2)c(Cl)c1. The Morgan fingerprint density at radius 3 is 2.78 bits per heavy atom. The van der Waals surface area contributed by atoms with E-state index in [-0.39, 0.29) is 0 Å². The second kappa shape index (κ2) is 7.61. The number of thiazole rings is 1. The van der Waals surface area contributed by atoms with Gasteiger partial charge in [-0.15, -0.1) is 11.3 Å². The lowest BCUT2D eigenvalue weighted by Gasteiger charge is -2.00. The summed E-state index contributed by atoms with van der Waals surface area (Å²) in [6.45, 7) is 0. The van der Waals surface area contributed by atoms with Gasteiger partial charge in [0.1, 0.15) is 0 Å². The molecule has 23 heavy (non-hydrogen) atoms. The molecule has 3 aromatic rings. The standard InChI is InChI=1S/C16H10Cl2IN3S/c17-11-5-6-12(13(18)7-11)15-9-23-16(21-15)22-20-8-10-3-1-2-4-14(10)19/h1-9H,(H,21,22)/b20-8+. The van der Waals surface area contributed by atoms with Gasteiger partial charge in [-0.1, -0.05) is 41.4 Å². The van der Waals surface area contributed by atoms with Crippen molar-refractivity contribution in [3.63, 3.8) is 0 Å². The summed E-state index contributed by atoms with van der Waals surface area (Å²) in [6.07, 6.45) is 1.78. The van der Waals surface area contributed by atoms with Gasteiger partial charge < -0.3 is 0 Å². The average molecular weight is 474 g/mol. The number of halogens is 3. The third-order valence-electron chi connectivity index (χ3n) is 2.98. The number of nitrogens with one attached hydrogen (secondary N) is 1. The molecule has 0 atom stereocenters. The molecule has 0 bridgehead atoms. The Bertz CT molecular complexity index is 864. The summed E-state index contributed by atoms with van der Waals surface area (Å²) >= 11 is 15.9. The zero-order valence-corrected chi connectivity index (χ0v) is 16.1. The fourth-order valence-electron chi connectivity index (χ4n) is 1.88. The lowest BCUT2D eigenvalue weighted by Crippen LogP contribution is -1.92. The Labute approximate surface area is 161 Å². The summed E-state index contributed by atoms with van der Waals surface area (Å²) in [5, 5.41) is 8.05. The van der Waals surface area contributed by atoms with E-state index in [1.165, 1.54) is 11.3 Å². The molecule has 0 aliphatic heterocycles. The molecule has 3 nitrogen and oxygen atoms in total. The van der Waals surface area contributed by atoms with Crippen LogP contribution in [-0.2, 0) is 0 Å². The predicted octanol–water partition coefficient (Wildman–Crippen LogP) is 6.17. The van der Waals surface area contributed by atoms with Crippen molar-refractivity contribution < 1.29 is 0 Å². The van der Waals surface area contributed by atoms with Crippen LogP contribution in [0.3, 0.4) is 0 Å². The van der Waals surface area contributed by atoms with E-state index in [9.17, 15) is 0 Å². The molecule has 0 radical (unpaired) electrons. The van der Waals surface area contributed by atoms with Crippen molar-refractivity contribution in [2.45, 2.75) is 0 Å². The largest absolute Gasteiger partial charge is 0.253 e. The minimum absolute atomic E-state index is 0.580. The maximum Gasteiger partial charge on any atom is 0.203 e. The van der Waals surface area contributed by atoms with Gasteiger partial charge in [-0.25, -0.2) is 4.98 Å². The first kappa shape index (κ1) is 16.7. The van der Waals surface area contributed by atoms with Crippen LogP contribution in [-0.4, -0.2) is 11.2 Å². The third kappa shape index (κ3) is 4.23. The maximum atomic E-state index is 6.20. The average Bonchev–Trinajstić information content (AvgIpc) is 2.98. The van der Waals surface area contributed by atoms with Gasteiger partial charge in [0.25, 0.3) is 0 Å². The van der Waals surface area contributed by atoms with Crippen molar-refractivity contribution in [2.75, 3.05) is 5.43 Å². The molecule has 3 rings (SSSR count). The number of hydrazone groups is 1. The van der Waals surface area contributed by atoms with Crippen molar-refractivity contribution >= 4 is 68.5 Å². The van der Waals surface area contributed by atoms with E-state index in [1.807, 2.05) is 35.7 Å². The molecule has 7 heteroatoms. The first-order valence-corrected chi connectivity index (χ1v) is 9.29. The van der Waals surface area contributed by atoms with Crippen molar-refractivity contribution in [1.82, 2.24) is 4.98 Å². The number of aromatic nitrogens is 1. The van der Waals surface area contributed by atoms with E-state index in [0.717, 1.165) is 20.4 Å². The fraction of sp³-hybridized carbons (Fsp3) is 0. The van der Waals surface area contributed by atoms with E-state index < -0.39 is 0 Å². The summed E-state index contributed by atoms with van der Waals surface area (Å²) in [6, 6.07) is 13.4. The zero-order valence-electron chi connectivity index (χ0n) is 11.6. The molecule has 0 fully saturated rings. The highest BCUT2D eigenvalue weighted by Crippen LogP contribution is 2.32. The Morgan fingerprint density at radius 1 is 1.17 bits per heavy atom. The van der Waals surface area contributed by atoms with Gasteiger partial charge in [-0.2, -0.15) is 5.10 Å². The monoisotopic (exact) mass is 473 g/mol. The van der Waals surface area contributed by atoms with Crippen LogP contribution in [0.1, 0.15) is 5.56 Å². The van der Waals surface area contributed by atoms with E-state index in [4.69, 9.17) is 23.2 Å². The quantitative estimate of drug-likeness (QED) is 0.279. The van der Waals surface area contributed by atoms with E-state index in [1.54, 1.807) is 18.3 Å². The number of benzene rings is 2. The molecule has 0 aliphatic carbocycles. The molecular formula is C16H10Cl2IN3S. The number of nitrogens with zero attached hydrogens (tertiary/aromatic N) is 2. The minimum Gasteiger partial charge on any atom is -0.253 e. The smallest absolute Gasteiger partial charge is 0.203 e. The number of rotatable bonds is 4. The van der Waals surface area contributed by atoms with Gasteiger partial charge in [-0.05, 0) is 46.9 Å². The van der Waals surface area contributed by atoms with Gasteiger partial charge in [0.2, 0.25) is 5.13 Å². The lowest BCUT2D eigenvalue weighted by atomic mass is 10.2. The number of anilines is 1. The van der Waals surface area contributed by atoms with Crippen LogP contribution in [0.4, 0.5) is 5.13 Å². The van der Waals surface area contributed by atoms with Crippen LogP contribution >= 0.6 is 57.1 Å². The highest BCUT2D eigenvalue weighted by molar-refractivity contribution is 14.1. The Hall–Kier alpha value is -1.15. The summed E-state index contributed by atoms with van der Waals surface area (Å²) < 4.78 is 1.14. The third-order valence-corrected chi connectivity index (χ3v) is 5.26. The normalized spacial score (nSPS) is 11.1. The summed E-state index contributed by atoms with van der Waals surface area (Å²) in [5.74, 6) is 0. The molecule has 0 unspecified atom stereocenters. The van der Waals surface area contributed by atoms with Crippen LogP contribution in [0, 0.1) is 3.57 Å². The van der Waals surface area contributed by atoms with E-state index in [2.05, 4.69) is 38.1 Å². The Kier molecular flexibility index (Phi) is 5.53. The summed E-state index contributed by atoms with van der Waals surface area (Å²) in [4.78, 5) is 4.49. The van der Waals surface area contributed by atoms with Crippen molar-refractivity contribution in [3.8, 4) is 11.3 Å². The number of hydrogen-bond donors (Lipinski definition) is 1. The molecule has 2 aromatic carbocycles. The topological polar surface area (TPSA) is 37.3 Å². The molecule has 0 saturated heterocycles. The lowest BCUT2D eigenvalue weighted by molar-refractivity contribution is 1.29. The van der Waals surface area contributed by atoms with Crippen LogP contribution < -0.4 is 5.43 Å². The van der Waals surface area contributed by atoms with Crippen molar-refractivity contribution in [1.29, 1.82) is 0 Å². The van der Waals surface area contributed by atoms with Crippen LogP contribution in [0.5, 0.6) is 0 Å². The molecule has 0 saturated carbocycles. The second-order valence-electron chi connectivity index (χ2n) is 4.55. The Morgan fingerprint density at radius 2 is 2.00 bits per heavy atom. The highest BCUT2D eigenvalue weighted by atomic mass is 127. The molecule has 1 N–H and O–H groups in total. The highest BCUT2D eigenvalue weighted by Gasteiger charge is 2.08. The minimum atomic E-state index is 0.580. The number of hydrogen-bond acceptors (Lipinski definition) is 4. The van der Waals surface area contributed by atoms with Gasteiger partial charge in [-0.3, -0.25) is 5.43 Å². The first-order chi connectivity index (χ1) is 11.1. The van der Waals surface area contributed by atoms with Crippen molar-refractivity contribution in [3.05, 3.63) is 67.0 Å². The molecule has 0 amide bonds. The van der Waals surface area contributed by atoms with Gasteiger partial charge >= 0.3 is 0 Å². The van der Waals surface area contributed by atoms with Crippen molar-refractivity contribution in [2.24, 2.45) is 5.10 Å². The second-order valence-corrected chi connectivity index (χ2v) is 7.42. The summed E-state index contributed by atoms with van der Waals surface area (Å²) in [5.41, 5.74) is 5.64. The van der Waals surface area contributed by atoms with E-state index >= 15 is 0 Å². The zero-order chi connectivity index (χ0) is 16.2. The molecular weight excluding hydrogens is 464 g/mol. The molecule has 116 valence electrons. The van der Waals surface area contributed by atoms with Crippen LogP contribution in [0.15, 0.2) is 52.9 Å². The molecule has 0 spiro atoms. The van der Waals surface area contributed by atoms with Crippen LogP contribution in [0.25, 0.3) is 11.3 Å². The predicted molar refractivity (Wildman–Crippen MR) is 108 cm³/mol. The van der Waals surface area contributed by atoms with Crippen LogP contribution in [0.2, 0.25) is 10.0 Å². The molecule has 1 heterocycles. The summed E-state index contributed by atoms with van der Waals surface area (Å²) in [7, 11) is 0. The molecule has 0 aliphatic rings. The molecule has 1 aromatic heterocycles. The van der Waals surface area contributed by atoms with Gasteiger partial charge in [0.05, 0.1) is 16.9 Å². The Balaban J connectivity index is 1.74. The fourth-order valence-corrected chi connectivity index (χ4v) is 3.57. The van der Waals surface area contributed by atoms with Gasteiger partial charge in [0, 0.05) is 25.1 Å². The maximum absolute atomic E-state index is 6.20.